The van der Waals surface area contributed by atoms with Gasteiger partial charge in [-0.25, -0.2) is 4.68 Å². The number of amides is 1. The Hall–Kier alpha value is -3.61. The smallest absolute Gasteiger partial charge is 0.291 e. The van der Waals surface area contributed by atoms with Crippen LogP contribution in [-0.2, 0) is 30.7 Å². The molecule has 0 radical (unpaired) electrons. The molecule has 0 fully saturated rings. The van der Waals surface area contributed by atoms with E-state index in [-0.39, 0.29) is 18.0 Å². The van der Waals surface area contributed by atoms with Gasteiger partial charge in [-0.3, -0.25) is 14.0 Å². The number of carbonyl (C=O) groups is 1. The minimum Gasteiger partial charge on any atom is -0.496 e. The van der Waals surface area contributed by atoms with Gasteiger partial charge in [-0.15, -0.1) is 0 Å². The molecule has 31 heavy (non-hydrogen) atoms. The third-order valence-corrected chi connectivity index (χ3v) is 5.50. The van der Waals surface area contributed by atoms with E-state index in [2.05, 4.69) is 29.5 Å². The molecule has 0 unspecified atom stereocenters. The number of hydrogen-bond donors (Lipinski definition) is 1. The van der Waals surface area contributed by atoms with E-state index in [1.54, 1.807) is 13.2 Å². The molecule has 0 aliphatic rings. The summed E-state index contributed by atoms with van der Waals surface area (Å²) in [6.07, 6.45) is 1.59. The van der Waals surface area contributed by atoms with E-state index >= 15 is 0 Å². The molecule has 0 spiro atoms. The van der Waals surface area contributed by atoms with Gasteiger partial charge in [0.1, 0.15) is 23.6 Å². The average Bonchev–Trinajstić information content (AvgIpc) is 3.20. The minimum absolute atomic E-state index is 0.131. The molecular weight excluding hydrogens is 392 g/mol. The second-order valence-corrected chi connectivity index (χ2v) is 7.44. The zero-order valence-electron chi connectivity index (χ0n) is 18.0. The van der Waals surface area contributed by atoms with Gasteiger partial charge in [0, 0.05) is 18.4 Å². The predicted octanol–water partition coefficient (Wildman–Crippen LogP) is 3.10. The fourth-order valence-electron chi connectivity index (χ4n) is 3.80. The maximum atomic E-state index is 13.1. The highest BCUT2D eigenvalue weighted by atomic mass is 16.5. The predicted molar refractivity (Wildman–Crippen MR) is 121 cm³/mol. The van der Waals surface area contributed by atoms with E-state index in [1.807, 2.05) is 41.7 Å². The molecule has 4 rings (SSSR count). The van der Waals surface area contributed by atoms with Crippen molar-refractivity contribution in [2.24, 2.45) is 0 Å². The van der Waals surface area contributed by atoms with Crippen molar-refractivity contribution in [3.05, 3.63) is 75.8 Å². The number of nitrogens with one attached hydrogen (secondary N) is 1. The standard InChI is InChI=1S/C24H26N4O3/c1-4-16-9-11-17(12-10-16)14-25-23(29)15-27-24(30)20-13-18-19(7-6-8-21(18)31-3)28(20)22(5-2)26-27/h6-13H,4-5,14-15H2,1-3H3,(H,25,29). The largest absolute Gasteiger partial charge is 0.496 e. The van der Waals surface area contributed by atoms with Gasteiger partial charge in [-0.05, 0) is 35.7 Å². The van der Waals surface area contributed by atoms with E-state index in [0.29, 0.717) is 30.1 Å². The van der Waals surface area contributed by atoms with Crippen LogP contribution in [-0.4, -0.2) is 27.2 Å². The normalized spacial score (nSPS) is 11.2. The van der Waals surface area contributed by atoms with E-state index in [9.17, 15) is 9.59 Å². The number of ether oxygens (including phenoxy) is 1. The third-order valence-electron chi connectivity index (χ3n) is 5.50. The number of aryl methyl sites for hydroxylation is 2. The van der Waals surface area contributed by atoms with E-state index in [0.717, 1.165) is 22.9 Å². The maximum absolute atomic E-state index is 13.1. The molecule has 0 saturated carbocycles. The summed E-state index contributed by atoms with van der Waals surface area (Å²) in [5.74, 6) is 1.15. The number of methoxy groups -OCH3 is 1. The van der Waals surface area contributed by atoms with Gasteiger partial charge in [0.15, 0.2) is 0 Å². The van der Waals surface area contributed by atoms with Crippen LogP contribution >= 0.6 is 0 Å². The fourth-order valence-corrected chi connectivity index (χ4v) is 3.80. The number of hydrogen-bond acceptors (Lipinski definition) is 4. The molecular formula is C24H26N4O3. The van der Waals surface area contributed by atoms with Gasteiger partial charge in [0.05, 0.1) is 12.6 Å². The lowest BCUT2D eigenvalue weighted by Crippen LogP contribution is -2.35. The van der Waals surface area contributed by atoms with E-state index in [1.165, 1.54) is 10.2 Å². The first-order valence-electron chi connectivity index (χ1n) is 10.5. The number of benzene rings is 2. The Morgan fingerprint density at radius 2 is 1.77 bits per heavy atom. The van der Waals surface area contributed by atoms with Crippen LogP contribution in [0.4, 0.5) is 0 Å². The van der Waals surface area contributed by atoms with Gasteiger partial charge < -0.3 is 10.1 Å². The summed E-state index contributed by atoms with van der Waals surface area (Å²) in [6.45, 7) is 4.36. The van der Waals surface area contributed by atoms with Crippen LogP contribution in [0, 0.1) is 0 Å². The monoisotopic (exact) mass is 418 g/mol. The summed E-state index contributed by atoms with van der Waals surface area (Å²) < 4.78 is 8.54. The second kappa shape index (κ2) is 8.63. The summed E-state index contributed by atoms with van der Waals surface area (Å²) in [6, 6.07) is 15.6. The topological polar surface area (TPSA) is 77.6 Å². The molecule has 0 aliphatic heterocycles. The van der Waals surface area contributed by atoms with Crippen molar-refractivity contribution in [2.45, 2.75) is 39.8 Å². The lowest BCUT2D eigenvalue weighted by Gasteiger charge is -2.11. The number of aromatic nitrogens is 3. The molecule has 1 amide bonds. The first-order valence-corrected chi connectivity index (χ1v) is 10.5. The van der Waals surface area contributed by atoms with Gasteiger partial charge in [0.25, 0.3) is 5.56 Å². The summed E-state index contributed by atoms with van der Waals surface area (Å²) >= 11 is 0. The van der Waals surface area contributed by atoms with Crippen LogP contribution in [0.25, 0.3) is 16.4 Å². The van der Waals surface area contributed by atoms with Gasteiger partial charge >= 0.3 is 0 Å². The third kappa shape index (κ3) is 3.91. The number of nitrogens with zero attached hydrogens (tertiary/aromatic N) is 3. The van der Waals surface area contributed by atoms with Crippen LogP contribution in [0.3, 0.4) is 0 Å². The highest BCUT2D eigenvalue weighted by Gasteiger charge is 2.17. The maximum Gasteiger partial charge on any atom is 0.291 e. The number of fused-ring (bicyclic) bond motifs is 3. The SMILES string of the molecule is CCc1ccc(CNC(=O)Cn2nc(CC)n3c(cc4c(OC)cccc43)c2=O)cc1. The molecule has 2 heterocycles. The molecule has 0 bridgehead atoms. The molecule has 1 N–H and O–H groups in total. The lowest BCUT2D eigenvalue weighted by molar-refractivity contribution is -0.122. The summed E-state index contributed by atoms with van der Waals surface area (Å²) in [4.78, 5) is 25.6. The minimum atomic E-state index is -0.307. The second-order valence-electron chi connectivity index (χ2n) is 7.44. The first-order chi connectivity index (χ1) is 15.0. The molecule has 0 saturated heterocycles. The van der Waals surface area contributed by atoms with Gasteiger partial charge in [-0.2, -0.15) is 5.10 Å². The van der Waals surface area contributed by atoms with E-state index in [4.69, 9.17) is 4.74 Å². The summed E-state index contributed by atoms with van der Waals surface area (Å²) in [5, 5.41) is 8.20. The Labute approximate surface area is 180 Å². The molecule has 2 aromatic carbocycles. The van der Waals surface area contributed by atoms with Crippen LogP contribution in [0.2, 0.25) is 0 Å². The Morgan fingerprint density at radius 3 is 2.45 bits per heavy atom. The summed E-state index contributed by atoms with van der Waals surface area (Å²) in [5.41, 5.74) is 3.30. The van der Waals surface area contributed by atoms with Crippen LogP contribution < -0.4 is 15.6 Å². The molecule has 4 aromatic rings. The average molecular weight is 418 g/mol. The quantitative estimate of drug-likeness (QED) is 0.500. The molecule has 2 aromatic heterocycles. The van der Waals surface area contributed by atoms with Crippen molar-refractivity contribution in [2.75, 3.05) is 7.11 Å². The zero-order valence-corrected chi connectivity index (χ0v) is 18.0. The number of carbonyl (C=O) groups excluding carboxylic acids is 1. The highest BCUT2D eigenvalue weighted by molar-refractivity contribution is 5.92. The van der Waals surface area contributed by atoms with Crippen molar-refractivity contribution >= 4 is 22.3 Å². The lowest BCUT2D eigenvalue weighted by atomic mass is 10.1. The van der Waals surface area contributed by atoms with Crippen LogP contribution in [0.1, 0.15) is 30.8 Å². The van der Waals surface area contributed by atoms with Gasteiger partial charge in [-0.1, -0.05) is 44.2 Å². The number of rotatable bonds is 7. The van der Waals surface area contributed by atoms with Crippen molar-refractivity contribution in [3.63, 3.8) is 0 Å². The summed E-state index contributed by atoms with van der Waals surface area (Å²) in [7, 11) is 1.61. The molecule has 7 nitrogen and oxygen atoms in total. The zero-order chi connectivity index (χ0) is 22.0. The Kier molecular flexibility index (Phi) is 5.75. The van der Waals surface area contributed by atoms with Crippen LogP contribution in [0.15, 0.2) is 53.3 Å². The van der Waals surface area contributed by atoms with Gasteiger partial charge in [0.2, 0.25) is 5.91 Å². The Morgan fingerprint density at radius 1 is 1.03 bits per heavy atom. The van der Waals surface area contributed by atoms with E-state index < -0.39 is 0 Å². The Balaban J connectivity index is 1.62. The van der Waals surface area contributed by atoms with Crippen molar-refractivity contribution in [1.82, 2.24) is 19.5 Å². The molecule has 0 aliphatic carbocycles. The fraction of sp³-hybridized carbons (Fsp3) is 0.292. The van der Waals surface area contributed by atoms with Crippen LogP contribution in [0.5, 0.6) is 5.75 Å². The highest BCUT2D eigenvalue weighted by Crippen LogP contribution is 2.28. The Bertz CT molecular complexity index is 1300. The molecule has 0 atom stereocenters. The van der Waals surface area contributed by atoms with Crippen molar-refractivity contribution in [3.8, 4) is 5.75 Å². The molecule has 7 heteroatoms. The van der Waals surface area contributed by atoms with Crippen molar-refractivity contribution < 1.29 is 9.53 Å². The van der Waals surface area contributed by atoms with Crippen molar-refractivity contribution in [1.29, 1.82) is 0 Å². The molecule has 160 valence electrons. The first kappa shape index (κ1) is 20.7.